The van der Waals surface area contributed by atoms with E-state index in [1.807, 2.05) is 32.2 Å². The molecule has 0 radical (unpaired) electrons. The molecular weight excluding hydrogens is 242 g/mol. The number of nitrogens with one attached hydrogen (secondary N) is 2. The molecule has 0 saturated carbocycles. The quantitative estimate of drug-likeness (QED) is 0.704. The lowest BCUT2D eigenvalue weighted by atomic mass is 10.3. The molecule has 0 spiro atoms. The van der Waals surface area contributed by atoms with E-state index in [1.54, 1.807) is 6.33 Å². The van der Waals surface area contributed by atoms with Crippen LogP contribution in [0.15, 0.2) is 12.5 Å². The van der Waals surface area contributed by atoms with Crippen LogP contribution in [0, 0.1) is 0 Å². The van der Waals surface area contributed by atoms with Gasteiger partial charge < -0.3 is 14.8 Å². The molecule has 0 atom stereocenters. The van der Waals surface area contributed by atoms with E-state index < -0.39 is 0 Å². The zero-order valence-corrected chi connectivity index (χ0v) is 11.7. The zero-order valence-electron chi connectivity index (χ0n) is 11.7. The van der Waals surface area contributed by atoms with E-state index in [0.29, 0.717) is 0 Å². The van der Waals surface area contributed by atoms with Crippen molar-refractivity contribution in [1.82, 2.24) is 30.0 Å². The Morgan fingerprint density at radius 3 is 2.84 bits per heavy atom. The molecule has 0 unspecified atom stereocenters. The Morgan fingerprint density at radius 2 is 2.21 bits per heavy atom. The van der Waals surface area contributed by atoms with Crippen molar-refractivity contribution in [2.45, 2.75) is 19.4 Å². The lowest BCUT2D eigenvalue weighted by molar-refractivity contribution is 0.618. The smallest absolute Gasteiger partial charge is 0.204 e. The van der Waals surface area contributed by atoms with Gasteiger partial charge in [0.25, 0.3) is 0 Å². The third-order valence-corrected chi connectivity index (χ3v) is 3.00. The van der Waals surface area contributed by atoms with Gasteiger partial charge in [0.2, 0.25) is 5.95 Å². The molecule has 0 amide bonds. The number of aromatic nitrogens is 5. The molecule has 0 aliphatic carbocycles. The molecule has 0 aromatic carbocycles. The fourth-order valence-electron chi connectivity index (χ4n) is 1.96. The van der Waals surface area contributed by atoms with Crippen molar-refractivity contribution in [3.63, 3.8) is 0 Å². The highest BCUT2D eigenvalue weighted by atomic mass is 15.3. The maximum atomic E-state index is 4.38. The molecule has 0 bridgehead atoms. The molecule has 2 aromatic heterocycles. The van der Waals surface area contributed by atoms with E-state index in [9.17, 15) is 0 Å². The van der Waals surface area contributed by atoms with Crippen LogP contribution in [-0.2, 0) is 20.0 Å². The first-order chi connectivity index (χ1) is 9.18. The van der Waals surface area contributed by atoms with Crippen LogP contribution in [0.2, 0.25) is 0 Å². The van der Waals surface area contributed by atoms with Crippen LogP contribution in [-0.4, -0.2) is 45.4 Å². The summed E-state index contributed by atoms with van der Waals surface area (Å²) in [5.74, 6) is 1.91. The Balaban J connectivity index is 1.71. The maximum absolute atomic E-state index is 4.38. The monoisotopic (exact) mass is 263 g/mol. The third kappa shape index (κ3) is 3.54. The van der Waals surface area contributed by atoms with Crippen molar-refractivity contribution >= 4 is 5.95 Å². The van der Waals surface area contributed by atoms with Gasteiger partial charge >= 0.3 is 0 Å². The molecule has 0 saturated heterocycles. The van der Waals surface area contributed by atoms with Crippen molar-refractivity contribution in [2.75, 3.05) is 25.5 Å². The minimum Gasteiger partial charge on any atom is -0.348 e. The summed E-state index contributed by atoms with van der Waals surface area (Å²) in [6, 6.07) is 0. The van der Waals surface area contributed by atoms with Crippen LogP contribution in [0.5, 0.6) is 0 Å². The van der Waals surface area contributed by atoms with E-state index in [1.165, 1.54) is 5.69 Å². The fourth-order valence-corrected chi connectivity index (χ4v) is 1.96. The summed E-state index contributed by atoms with van der Waals surface area (Å²) in [7, 11) is 6.03. The molecule has 19 heavy (non-hydrogen) atoms. The minimum absolute atomic E-state index is 0.827. The first-order valence-corrected chi connectivity index (χ1v) is 6.41. The number of hydrogen-bond acceptors (Lipinski definition) is 5. The number of imidazole rings is 1. The molecular formula is C12H21N7. The van der Waals surface area contributed by atoms with Gasteiger partial charge in [-0.05, 0) is 13.0 Å². The predicted molar refractivity (Wildman–Crippen MR) is 73.9 cm³/mol. The Morgan fingerprint density at radius 1 is 1.37 bits per heavy atom. The van der Waals surface area contributed by atoms with Gasteiger partial charge in [-0.25, -0.2) is 9.97 Å². The largest absolute Gasteiger partial charge is 0.348 e. The second-order valence-electron chi connectivity index (χ2n) is 4.72. The summed E-state index contributed by atoms with van der Waals surface area (Å²) >= 11 is 0. The Hall–Kier alpha value is -1.89. The molecule has 7 nitrogen and oxygen atoms in total. The number of rotatable bonds is 7. The number of aromatic amines is 1. The van der Waals surface area contributed by atoms with E-state index in [-0.39, 0.29) is 0 Å². The van der Waals surface area contributed by atoms with Gasteiger partial charge in [-0.2, -0.15) is 5.10 Å². The summed E-state index contributed by atoms with van der Waals surface area (Å²) in [5.41, 5.74) is 1.18. The van der Waals surface area contributed by atoms with Crippen LogP contribution in [0.3, 0.4) is 0 Å². The van der Waals surface area contributed by atoms with Crippen LogP contribution in [0.1, 0.15) is 17.9 Å². The molecule has 0 fully saturated rings. The van der Waals surface area contributed by atoms with Crippen molar-refractivity contribution < 1.29 is 0 Å². The molecule has 104 valence electrons. The number of aryl methyl sites for hydroxylation is 1. The Kier molecular flexibility index (Phi) is 4.51. The van der Waals surface area contributed by atoms with Gasteiger partial charge in [-0.3, -0.25) is 5.10 Å². The third-order valence-electron chi connectivity index (χ3n) is 3.00. The van der Waals surface area contributed by atoms with E-state index >= 15 is 0 Å². The predicted octanol–water partition coefficient (Wildman–Crippen LogP) is 0.327. The van der Waals surface area contributed by atoms with Crippen molar-refractivity contribution in [1.29, 1.82) is 0 Å². The number of hydrogen-bond donors (Lipinski definition) is 2. The highest BCUT2D eigenvalue weighted by Gasteiger charge is 2.07. The first-order valence-electron chi connectivity index (χ1n) is 6.41. The summed E-state index contributed by atoms with van der Waals surface area (Å²) in [6.45, 7) is 1.77. The molecule has 2 heterocycles. The van der Waals surface area contributed by atoms with Gasteiger partial charge in [0.1, 0.15) is 12.2 Å². The van der Waals surface area contributed by atoms with Crippen LogP contribution in [0.4, 0.5) is 5.95 Å². The second kappa shape index (κ2) is 6.33. The highest BCUT2D eigenvalue weighted by Crippen LogP contribution is 2.10. The SMILES string of the molecule is CN(C)c1ncc(CNCCCc2ncn[nH]2)n1C. The number of anilines is 1. The molecule has 2 aromatic rings. The van der Waals surface area contributed by atoms with Gasteiger partial charge in [0, 0.05) is 34.1 Å². The van der Waals surface area contributed by atoms with Crippen LogP contribution >= 0.6 is 0 Å². The number of H-pyrrole nitrogens is 1. The Bertz CT molecular complexity index is 486. The van der Waals surface area contributed by atoms with Gasteiger partial charge in [0.05, 0.1) is 11.9 Å². The van der Waals surface area contributed by atoms with Crippen LogP contribution < -0.4 is 10.2 Å². The second-order valence-corrected chi connectivity index (χ2v) is 4.72. The summed E-state index contributed by atoms with van der Waals surface area (Å²) in [5, 5.41) is 10.1. The van der Waals surface area contributed by atoms with Gasteiger partial charge in [-0.1, -0.05) is 0 Å². The van der Waals surface area contributed by atoms with Crippen molar-refractivity contribution in [3.8, 4) is 0 Å². The maximum Gasteiger partial charge on any atom is 0.204 e. The summed E-state index contributed by atoms with van der Waals surface area (Å²) in [4.78, 5) is 10.5. The Labute approximate surface area is 113 Å². The lowest BCUT2D eigenvalue weighted by Crippen LogP contribution is -2.19. The summed E-state index contributed by atoms with van der Waals surface area (Å²) in [6.07, 6.45) is 5.41. The van der Waals surface area contributed by atoms with Crippen molar-refractivity contribution in [3.05, 3.63) is 24.0 Å². The highest BCUT2D eigenvalue weighted by molar-refractivity contribution is 5.30. The molecule has 2 N–H and O–H groups in total. The fraction of sp³-hybridized carbons (Fsp3) is 0.583. The number of nitrogens with zero attached hydrogens (tertiary/aromatic N) is 5. The minimum atomic E-state index is 0.827. The average Bonchev–Trinajstić information content (AvgIpc) is 2.99. The van der Waals surface area contributed by atoms with E-state index in [0.717, 1.165) is 37.7 Å². The molecule has 0 aliphatic rings. The lowest BCUT2D eigenvalue weighted by Gasteiger charge is -2.12. The molecule has 7 heteroatoms. The first kappa shape index (κ1) is 13.5. The standard InChI is InChI=1S/C12H21N7/c1-18(2)12-14-8-10(19(12)3)7-13-6-4-5-11-15-9-16-17-11/h8-9,13H,4-7H2,1-3H3,(H,15,16,17). The normalized spacial score (nSPS) is 10.9. The molecule has 0 aliphatic heterocycles. The van der Waals surface area contributed by atoms with Gasteiger partial charge in [-0.15, -0.1) is 0 Å². The zero-order chi connectivity index (χ0) is 13.7. The average molecular weight is 263 g/mol. The van der Waals surface area contributed by atoms with Crippen molar-refractivity contribution in [2.24, 2.45) is 7.05 Å². The van der Waals surface area contributed by atoms with Gasteiger partial charge in [0.15, 0.2) is 0 Å². The van der Waals surface area contributed by atoms with E-state index in [4.69, 9.17) is 0 Å². The summed E-state index contributed by atoms with van der Waals surface area (Å²) < 4.78 is 2.10. The van der Waals surface area contributed by atoms with Crippen LogP contribution in [0.25, 0.3) is 0 Å². The topological polar surface area (TPSA) is 74.7 Å². The molecule has 2 rings (SSSR count). The van der Waals surface area contributed by atoms with E-state index in [2.05, 4.69) is 30.0 Å².